The first-order valence-corrected chi connectivity index (χ1v) is 7.34. The van der Waals surface area contributed by atoms with Crippen molar-refractivity contribution in [3.8, 4) is 6.07 Å². The summed E-state index contributed by atoms with van der Waals surface area (Å²) in [5, 5.41) is 11.9. The summed E-state index contributed by atoms with van der Waals surface area (Å²) in [5.74, 6) is -0.127. The van der Waals surface area contributed by atoms with Crippen LogP contribution in [0.25, 0.3) is 0 Å². The molecule has 0 saturated heterocycles. The van der Waals surface area contributed by atoms with Gasteiger partial charge in [0.1, 0.15) is 6.07 Å². The van der Waals surface area contributed by atoms with Crippen LogP contribution in [0.2, 0.25) is 0 Å². The van der Waals surface area contributed by atoms with Gasteiger partial charge in [-0.3, -0.25) is 4.79 Å². The second-order valence-corrected chi connectivity index (χ2v) is 5.87. The molecule has 2 aromatic rings. The van der Waals surface area contributed by atoms with E-state index in [0.29, 0.717) is 17.7 Å². The molecule has 0 bridgehead atoms. The van der Waals surface area contributed by atoms with Crippen molar-refractivity contribution in [2.45, 2.75) is 20.3 Å². The monoisotopic (exact) mass is 342 g/mol. The predicted octanol–water partition coefficient (Wildman–Crippen LogP) is 4.12. The Morgan fingerprint density at radius 3 is 2.71 bits per heavy atom. The van der Waals surface area contributed by atoms with Gasteiger partial charge in [-0.25, -0.2) is 0 Å². The van der Waals surface area contributed by atoms with Crippen molar-refractivity contribution in [3.63, 3.8) is 0 Å². The van der Waals surface area contributed by atoms with Crippen LogP contribution in [0.1, 0.15) is 22.3 Å². The molecule has 0 aliphatic rings. The molecule has 0 unspecified atom stereocenters. The Morgan fingerprint density at radius 1 is 1.24 bits per heavy atom. The van der Waals surface area contributed by atoms with Crippen LogP contribution in [0.5, 0.6) is 0 Å². The molecule has 4 heteroatoms. The normalized spacial score (nSPS) is 10.0. The molecule has 3 nitrogen and oxygen atoms in total. The second kappa shape index (κ2) is 6.55. The van der Waals surface area contributed by atoms with Crippen LogP contribution in [-0.4, -0.2) is 5.91 Å². The molecule has 0 aliphatic heterocycles. The van der Waals surface area contributed by atoms with E-state index >= 15 is 0 Å². The van der Waals surface area contributed by atoms with E-state index in [0.717, 1.165) is 21.2 Å². The van der Waals surface area contributed by atoms with Crippen molar-refractivity contribution in [2.24, 2.45) is 0 Å². The standard InChI is InChI=1S/C17H15BrN2O/c1-11-3-4-12(2)14(7-11)8-17(21)20-16-9-15(18)6-5-13(16)10-19/h3-7,9H,8H2,1-2H3,(H,20,21). The molecule has 0 radical (unpaired) electrons. The summed E-state index contributed by atoms with van der Waals surface area (Å²) in [5.41, 5.74) is 4.20. The summed E-state index contributed by atoms with van der Waals surface area (Å²) in [7, 11) is 0. The minimum atomic E-state index is -0.127. The number of carbonyl (C=O) groups is 1. The molecule has 2 aromatic carbocycles. The Hall–Kier alpha value is -2.12. The van der Waals surface area contributed by atoms with Gasteiger partial charge in [-0.2, -0.15) is 5.26 Å². The Morgan fingerprint density at radius 2 is 2.00 bits per heavy atom. The van der Waals surface area contributed by atoms with Gasteiger partial charge in [-0.05, 0) is 43.2 Å². The molecule has 1 amide bonds. The zero-order valence-corrected chi connectivity index (χ0v) is 13.5. The smallest absolute Gasteiger partial charge is 0.228 e. The molecular formula is C17H15BrN2O. The highest BCUT2D eigenvalue weighted by molar-refractivity contribution is 9.10. The maximum Gasteiger partial charge on any atom is 0.228 e. The van der Waals surface area contributed by atoms with E-state index in [1.54, 1.807) is 18.2 Å². The van der Waals surface area contributed by atoms with Gasteiger partial charge in [0.05, 0.1) is 17.7 Å². The van der Waals surface area contributed by atoms with Crippen molar-refractivity contribution >= 4 is 27.5 Å². The van der Waals surface area contributed by atoms with E-state index in [1.165, 1.54) is 0 Å². The summed E-state index contributed by atoms with van der Waals surface area (Å²) in [6.45, 7) is 3.99. The quantitative estimate of drug-likeness (QED) is 0.911. The van der Waals surface area contributed by atoms with E-state index < -0.39 is 0 Å². The molecule has 0 spiro atoms. The number of halogens is 1. The van der Waals surface area contributed by atoms with Crippen molar-refractivity contribution in [2.75, 3.05) is 5.32 Å². The highest BCUT2D eigenvalue weighted by Gasteiger charge is 2.10. The predicted molar refractivity (Wildman–Crippen MR) is 87.1 cm³/mol. The number of rotatable bonds is 3. The fraction of sp³-hybridized carbons (Fsp3) is 0.176. The minimum absolute atomic E-state index is 0.127. The van der Waals surface area contributed by atoms with Crippen LogP contribution >= 0.6 is 15.9 Å². The maximum absolute atomic E-state index is 12.2. The van der Waals surface area contributed by atoms with E-state index in [9.17, 15) is 4.79 Å². The molecular weight excluding hydrogens is 328 g/mol. The van der Waals surface area contributed by atoms with Gasteiger partial charge in [0.15, 0.2) is 0 Å². The number of hydrogen-bond donors (Lipinski definition) is 1. The zero-order valence-electron chi connectivity index (χ0n) is 11.9. The van der Waals surface area contributed by atoms with Crippen LogP contribution in [0.4, 0.5) is 5.69 Å². The molecule has 0 heterocycles. The van der Waals surface area contributed by atoms with Gasteiger partial charge >= 0.3 is 0 Å². The van der Waals surface area contributed by atoms with Crippen LogP contribution in [0.3, 0.4) is 0 Å². The number of hydrogen-bond acceptors (Lipinski definition) is 2. The first-order valence-electron chi connectivity index (χ1n) is 6.55. The maximum atomic E-state index is 12.2. The van der Waals surface area contributed by atoms with Gasteiger partial charge in [-0.1, -0.05) is 39.7 Å². The largest absolute Gasteiger partial charge is 0.325 e. The van der Waals surface area contributed by atoms with E-state index in [1.807, 2.05) is 32.0 Å². The van der Waals surface area contributed by atoms with Crippen molar-refractivity contribution in [1.82, 2.24) is 0 Å². The first-order chi connectivity index (χ1) is 9.99. The van der Waals surface area contributed by atoms with Crippen molar-refractivity contribution in [3.05, 3.63) is 63.1 Å². The number of amides is 1. The van der Waals surface area contributed by atoms with Crippen LogP contribution in [0, 0.1) is 25.2 Å². The molecule has 1 N–H and O–H groups in total. The van der Waals surface area contributed by atoms with Gasteiger partial charge in [0, 0.05) is 4.47 Å². The highest BCUT2D eigenvalue weighted by Crippen LogP contribution is 2.21. The lowest BCUT2D eigenvalue weighted by Gasteiger charge is -2.10. The number of anilines is 1. The summed E-state index contributed by atoms with van der Waals surface area (Å²) in [6, 6.07) is 13.3. The Balaban J connectivity index is 2.17. The number of carbonyl (C=O) groups excluding carboxylic acids is 1. The van der Waals surface area contributed by atoms with E-state index in [-0.39, 0.29) is 5.91 Å². The SMILES string of the molecule is Cc1ccc(C)c(CC(=O)Nc2cc(Br)ccc2C#N)c1. The van der Waals surface area contributed by atoms with Gasteiger partial charge < -0.3 is 5.32 Å². The fourth-order valence-corrected chi connectivity index (χ4v) is 2.44. The molecule has 0 aliphatic carbocycles. The summed E-state index contributed by atoms with van der Waals surface area (Å²) < 4.78 is 0.823. The summed E-state index contributed by atoms with van der Waals surface area (Å²) in [6.07, 6.45) is 0.297. The molecule has 0 aromatic heterocycles. The third-order valence-corrected chi connectivity index (χ3v) is 3.73. The van der Waals surface area contributed by atoms with Gasteiger partial charge in [-0.15, -0.1) is 0 Å². The fourth-order valence-electron chi connectivity index (χ4n) is 2.08. The summed E-state index contributed by atoms with van der Waals surface area (Å²) >= 11 is 3.34. The molecule has 0 atom stereocenters. The van der Waals surface area contributed by atoms with E-state index in [4.69, 9.17) is 5.26 Å². The third kappa shape index (κ3) is 3.93. The summed E-state index contributed by atoms with van der Waals surface area (Å²) in [4.78, 5) is 12.2. The Kier molecular flexibility index (Phi) is 4.77. The van der Waals surface area contributed by atoms with Crippen molar-refractivity contribution < 1.29 is 4.79 Å². The third-order valence-electron chi connectivity index (χ3n) is 3.23. The zero-order chi connectivity index (χ0) is 15.4. The number of nitrogens with zero attached hydrogens (tertiary/aromatic N) is 1. The highest BCUT2D eigenvalue weighted by atomic mass is 79.9. The van der Waals surface area contributed by atoms with E-state index in [2.05, 4.69) is 27.3 Å². The Bertz CT molecular complexity index is 732. The Labute approximate surface area is 132 Å². The molecule has 21 heavy (non-hydrogen) atoms. The molecule has 2 rings (SSSR count). The van der Waals surface area contributed by atoms with Gasteiger partial charge in [0.2, 0.25) is 5.91 Å². The topological polar surface area (TPSA) is 52.9 Å². The van der Waals surface area contributed by atoms with Crippen LogP contribution in [0.15, 0.2) is 40.9 Å². The number of nitriles is 1. The molecule has 106 valence electrons. The molecule has 0 fully saturated rings. The first kappa shape index (κ1) is 15.3. The van der Waals surface area contributed by atoms with Crippen LogP contribution in [-0.2, 0) is 11.2 Å². The van der Waals surface area contributed by atoms with Crippen LogP contribution < -0.4 is 5.32 Å². The lowest BCUT2D eigenvalue weighted by molar-refractivity contribution is -0.115. The molecule has 0 saturated carbocycles. The average molecular weight is 343 g/mol. The number of aryl methyl sites for hydroxylation is 2. The van der Waals surface area contributed by atoms with Gasteiger partial charge in [0.25, 0.3) is 0 Å². The lowest BCUT2D eigenvalue weighted by Crippen LogP contribution is -2.16. The van der Waals surface area contributed by atoms with Crippen molar-refractivity contribution in [1.29, 1.82) is 5.26 Å². The minimum Gasteiger partial charge on any atom is -0.325 e. The average Bonchev–Trinajstić information content (AvgIpc) is 2.43. The number of nitrogens with one attached hydrogen (secondary N) is 1. The second-order valence-electron chi connectivity index (χ2n) is 4.96. The number of benzene rings is 2. The lowest BCUT2D eigenvalue weighted by atomic mass is 10.0.